The maximum atomic E-state index is 10.7. The second kappa shape index (κ2) is 11.6. The maximum Gasteiger partial charge on any atom is 0.500 e. The van der Waals surface area contributed by atoms with Gasteiger partial charge in [0.2, 0.25) is 6.34 Å². The molecule has 0 amide bonds. The van der Waals surface area contributed by atoms with Crippen molar-refractivity contribution in [3.8, 4) is 0 Å². The molecular weight excluding hydrogens is 433 g/mol. The Morgan fingerprint density at radius 3 is 2.10 bits per heavy atom. The van der Waals surface area contributed by atoms with E-state index in [0.717, 1.165) is 31.6 Å². The number of nitrogens with zero attached hydrogens (tertiary/aromatic N) is 2. The van der Waals surface area contributed by atoms with E-state index in [9.17, 15) is 13.2 Å². The Labute approximate surface area is 171 Å². The number of hydrogen-bond donors (Lipinski definition) is 0. The average Bonchev–Trinajstić information content (AvgIpc) is 3.14. The first kappa shape index (κ1) is 26.3. The van der Waals surface area contributed by atoms with Crippen molar-refractivity contribution in [3.63, 3.8) is 0 Å². The lowest BCUT2D eigenvalue weighted by atomic mass is 9.95. The third-order valence-electron chi connectivity index (χ3n) is 5.15. The van der Waals surface area contributed by atoms with Gasteiger partial charge in [-0.2, -0.15) is 13.2 Å². The van der Waals surface area contributed by atoms with Crippen molar-refractivity contribution >= 4 is 25.3 Å². The molecule has 29 heavy (non-hydrogen) atoms. The van der Waals surface area contributed by atoms with Gasteiger partial charge >= 0.3 is 14.3 Å². The van der Waals surface area contributed by atoms with Gasteiger partial charge in [-0.3, -0.25) is 9.48 Å². The van der Waals surface area contributed by atoms with E-state index >= 15 is 0 Å². The second-order valence-electron chi connectivity index (χ2n) is 6.98. The molecule has 1 aliphatic heterocycles. The molecule has 0 radical (unpaired) electrons. The molecule has 1 heterocycles. The van der Waals surface area contributed by atoms with Crippen molar-refractivity contribution in [1.29, 1.82) is 0 Å². The minimum absolute atomic E-state index is 0.786. The number of rotatable bonds is 8. The van der Waals surface area contributed by atoms with Gasteiger partial charge < -0.3 is 17.8 Å². The third-order valence-corrected chi connectivity index (χ3v) is 8.54. The molecule has 2 aliphatic rings. The molecule has 0 aromatic rings. The largest absolute Gasteiger partial charge is 0.741 e. The van der Waals surface area contributed by atoms with Gasteiger partial charge in [-0.15, -0.1) is 0 Å². The van der Waals surface area contributed by atoms with Crippen LogP contribution < -0.4 is 0 Å². The summed E-state index contributed by atoms with van der Waals surface area (Å²) in [5.41, 5.74) is -5.65. The Balaban J connectivity index is 0.000000447. The van der Waals surface area contributed by atoms with Gasteiger partial charge in [0.25, 0.3) is 0 Å². The topological polar surface area (TPSA) is 91.1 Å². The summed E-state index contributed by atoms with van der Waals surface area (Å²) in [5, 5.41) is 0. The lowest BCUT2D eigenvalue weighted by Crippen LogP contribution is -2.43. The maximum absolute atomic E-state index is 10.7. The normalized spacial score (nSPS) is 19.0. The van der Waals surface area contributed by atoms with Crippen molar-refractivity contribution in [1.82, 2.24) is 4.90 Å². The third kappa shape index (κ3) is 8.50. The molecule has 8 nitrogen and oxygen atoms in total. The van der Waals surface area contributed by atoms with Crippen LogP contribution in [0.1, 0.15) is 38.5 Å². The van der Waals surface area contributed by atoms with Gasteiger partial charge in [-0.05, 0) is 32.1 Å². The van der Waals surface area contributed by atoms with Gasteiger partial charge in [0.05, 0.1) is 12.6 Å². The highest BCUT2D eigenvalue weighted by atomic mass is 32.2. The van der Waals surface area contributed by atoms with E-state index in [1.54, 1.807) is 21.3 Å². The molecule has 1 aliphatic carbocycles. The SMILES string of the molecule is CO[Si](CCCN1C=[N+](C2CCCCC2)CC1)(OC)OC.O=S(=O)([O-])C(F)(F)F. The van der Waals surface area contributed by atoms with Crippen LogP contribution in [0.3, 0.4) is 0 Å². The van der Waals surface area contributed by atoms with Crippen LogP contribution in [-0.4, -0.2) is 90.1 Å². The van der Waals surface area contributed by atoms with Crippen molar-refractivity contribution in [3.05, 3.63) is 0 Å². The van der Waals surface area contributed by atoms with Crippen LogP contribution in [0.5, 0.6) is 0 Å². The van der Waals surface area contributed by atoms with Crippen molar-refractivity contribution in [2.75, 3.05) is 41.0 Å². The summed E-state index contributed by atoms with van der Waals surface area (Å²) in [6.07, 6.45) is 10.4. The van der Waals surface area contributed by atoms with E-state index in [0.29, 0.717) is 0 Å². The fraction of sp³-hybridized carbons (Fsp3) is 0.938. The van der Waals surface area contributed by atoms with E-state index in [1.165, 1.54) is 38.6 Å². The first-order valence-corrected chi connectivity index (χ1v) is 12.8. The highest BCUT2D eigenvalue weighted by Gasteiger charge is 2.38. The molecular formula is C16H31F3N2O6SSi. The Morgan fingerprint density at radius 1 is 1.14 bits per heavy atom. The highest BCUT2D eigenvalue weighted by Crippen LogP contribution is 2.22. The van der Waals surface area contributed by atoms with Crippen LogP contribution in [-0.2, 0) is 23.4 Å². The lowest BCUT2D eigenvalue weighted by Gasteiger charge is -2.24. The van der Waals surface area contributed by atoms with Crippen LogP contribution in [0.25, 0.3) is 0 Å². The fourth-order valence-corrected chi connectivity index (χ4v) is 5.19. The zero-order valence-electron chi connectivity index (χ0n) is 17.1. The molecule has 0 bridgehead atoms. The monoisotopic (exact) mass is 464 g/mol. The van der Waals surface area contributed by atoms with Gasteiger partial charge in [-0.1, -0.05) is 6.42 Å². The van der Waals surface area contributed by atoms with Crippen LogP contribution >= 0.6 is 0 Å². The first-order valence-electron chi connectivity index (χ1n) is 9.50. The van der Waals surface area contributed by atoms with E-state index in [-0.39, 0.29) is 0 Å². The van der Waals surface area contributed by atoms with Crippen LogP contribution in [0.4, 0.5) is 13.2 Å². The molecule has 0 atom stereocenters. The van der Waals surface area contributed by atoms with E-state index in [4.69, 9.17) is 26.2 Å². The molecule has 0 spiro atoms. The summed E-state index contributed by atoms with van der Waals surface area (Å²) < 4.78 is 77.9. The molecule has 2 rings (SSSR count). The summed E-state index contributed by atoms with van der Waals surface area (Å²) in [4.78, 5) is 2.44. The first-order chi connectivity index (χ1) is 13.5. The number of hydrogen-bond acceptors (Lipinski definition) is 7. The van der Waals surface area contributed by atoms with E-state index in [1.807, 2.05) is 0 Å². The van der Waals surface area contributed by atoms with Crippen molar-refractivity contribution in [2.24, 2.45) is 0 Å². The average molecular weight is 465 g/mol. The van der Waals surface area contributed by atoms with Crippen molar-refractivity contribution < 1.29 is 44.0 Å². The minimum atomic E-state index is -6.09. The number of alkyl halides is 3. The Bertz CT molecular complexity index is 614. The van der Waals surface area contributed by atoms with Gasteiger partial charge in [-0.25, -0.2) is 8.42 Å². The summed E-state index contributed by atoms with van der Waals surface area (Å²) >= 11 is 0. The summed E-state index contributed by atoms with van der Waals surface area (Å²) in [5.74, 6) is 0. The van der Waals surface area contributed by atoms with Gasteiger partial charge in [0, 0.05) is 27.4 Å². The molecule has 172 valence electrons. The predicted molar refractivity (Wildman–Crippen MR) is 102 cm³/mol. The molecule has 0 saturated heterocycles. The zero-order valence-corrected chi connectivity index (χ0v) is 18.9. The minimum Gasteiger partial charge on any atom is -0.741 e. The molecule has 0 unspecified atom stereocenters. The smallest absolute Gasteiger partial charge is 0.500 e. The Kier molecular flexibility index (Phi) is 10.5. The molecule has 1 fully saturated rings. The zero-order chi connectivity index (χ0) is 22.1. The molecule has 0 aromatic carbocycles. The summed E-state index contributed by atoms with van der Waals surface area (Å²) in [7, 11) is -3.42. The standard InChI is InChI=1S/C15H31N2O3Si.CHF3O3S/c1-18-21(19-2,20-3)13-7-10-16-11-12-17(14-16)15-8-5-4-6-9-15;2-1(3,4)8(5,6)7/h14-15H,4-13H2,1-3H3;(H,5,6,7)/q+1;/p-1. The second-order valence-corrected chi connectivity index (χ2v) is 11.4. The molecule has 1 saturated carbocycles. The highest BCUT2D eigenvalue weighted by molar-refractivity contribution is 7.86. The van der Waals surface area contributed by atoms with Crippen LogP contribution in [0.2, 0.25) is 6.04 Å². The van der Waals surface area contributed by atoms with E-state index in [2.05, 4.69) is 15.8 Å². The molecule has 13 heteroatoms. The molecule has 0 N–H and O–H groups in total. The van der Waals surface area contributed by atoms with Crippen molar-refractivity contribution in [2.45, 2.75) is 56.1 Å². The predicted octanol–water partition coefficient (Wildman–Crippen LogP) is 2.00. The summed E-state index contributed by atoms with van der Waals surface area (Å²) in [6.45, 7) is 3.40. The Morgan fingerprint density at radius 2 is 1.66 bits per heavy atom. The fourth-order valence-electron chi connectivity index (χ4n) is 3.48. The van der Waals surface area contributed by atoms with Gasteiger partial charge in [0.1, 0.15) is 13.1 Å². The van der Waals surface area contributed by atoms with Gasteiger partial charge in [0.15, 0.2) is 10.1 Å². The van der Waals surface area contributed by atoms with Crippen LogP contribution in [0, 0.1) is 0 Å². The summed E-state index contributed by atoms with van der Waals surface area (Å²) in [6, 6.07) is 1.67. The molecule has 0 aromatic heterocycles. The Hall–Kier alpha value is -0.733. The van der Waals surface area contributed by atoms with Crippen LogP contribution in [0.15, 0.2) is 0 Å². The number of halogens is 3. The lowest BCUT2D eigenvalue weighted by molar-refractivity contribution is -0.557. The van der Waals surface area contributed by atoms with E-state index < -0.39 is 24.4 Å². The quantitative estimate of drug-likeness (QED) is 0.235.